The Bertz CT molecular complexity index is 553. The normalized spacial score (nSPS) is 19.1. The minimum atomic E-state index is -0.0595. The lowest BCUT2D eigenvalue weighted by molar-refractivity contribution is 0.251. The van der Waals surface area contributed by atoms with E-state index < -0.39 is 0 Å². The summed E-state index contributed by atoms with van der Waals surface area (Å²) in [6.45, 7) is 0.641. The lowest BCUT2D eigenvalue weighted by atomic mass is 10.2. The molecule has 18 heavy (non-hydrogen) atoms. The molecule has 2 amide bonds. The Hall–Kier alpha value is -1.52. The summed E-state index contributed by atoms with van der Waals surface area (Å²) < 4.78 is 0. The van der Waals surface area contributed by atoms with E-state index in [0.717, 1.165) is 5.69 Å². The standard InChI is InChI=1S/C13H11ClN2OS/c14-9-3-5-10(6-4-9)16-11(8-15-13(16)17)12-2-1-7-18-12/h1-7,11H,8H2,(H,15,17). The van der Waals surface area contributed by atoms with Crippen molar-refractivity contribution in [3.63, 3.8) is 0 Å². The molecule has 92 valence electrons. The number of halogens is 1. The summed E-state index contributed by atoms with van der Waals surface area (Å²) in [5.74, 6) is 0. The molecular formula is C13H11ClN2OS. The highest BCUT2D eigenvalue weighted by Gasteiger charge is 2.33. The van der Waals surface area contributed by atoms with Crippen LogP contribution in [0.2, 0.25) is 5.02 Å². The zero-order valence-corrected chi connectivity index (χ0v) is 11.0. The number of nitrogens with one attached hydrogen (secondary N) is 1. The van der Waals surface area contributed by atoms with Crippen LogP contribution in [0.25, 0.3) is 0 Å². The SMILES string of the molecule is O=C1NCC(c2cccs2)N1c1ccc(Cl)cc1. The number of amides is 2. The van der Waals surface area contributed by atoms with Crippen LogP contribution in [0.3, 0.4) is 0 Å². The zero-order chi connectivity index (χ0) is 12.5. The summed E-state index contributed by atoms with van der Waals surface area (Å²) in [4.78, 5) is 14.9. The molecule has 0 bridgehead atoms. The molecule has 1 atom stereocenters. The summed E-state index contributed by atoms with van der Waals surface area (Å²) in [6, 6.07) is 11.4. The average molecular weight is 279 g/mol. The molecule has 2 aromatic rings. The predicted octanol–water partition coefficient (Wildman–Crippen LogP) is 3.67. The molecule has 0 saturated carbocycles. The van der Waals surface area contributed by atoms with Crippen LogP contribution in [0.15, 0.2) is 41.8 Å². The maximum Gasteiger partial charge on any atom is 0.322 e. The second-order valence-electron chi connectivity index (χ2n) is 4.06. The number of carbonyl (C=O) groups excluding carboxylic acids is 1. The fourth-order valence-corrected chi connectivity index (χ4v) is 3.05. The third-order valence-corrected chi connectivity index (χ3v) is 4.18. The number of hydrogen-bond donors (Lipinski definition) is 1. The van der Waals surface area contributed by atoms with E-state index in [-0.39, 0.29) is 12.1 Å². The van der Waals surface area contributed by atoms with Crippen LogP contribution in [0.1, 0.15) is 10.9 Å². The Kier molecular flexibility index (Phi) is 2.97. The number of rotatable bonds is 2. The monoisotopic (exact) mass is 278 g/mol. The largest absolute Gasteiger partial charge is 0.335 e. The van der Waals surface area contributed by atoms with Crippen LogP contribution in [-0.2, 0) is 0 Å². The van der Waals surface area contributed by atoms with E-state index in [9.17, 15) is 4.79 Å². The van der Waals surface area contributed by atoms with E-state index in [4.69, 9.17) is 11.6 Å². The van der Waals surface area contributed by atoms with Gasteiger partial charge in [0.2, 0.25) is 0 Å². The van der Waals surface area contributed by atoms with Crippen LogP contribution in [0.5, 0.6) is 0 Å². The highest BCUT2D eigenvalue weighted by atomic mass is 35.5. The molecule has 1 aliphatic rings. The van der Waals surface area contributed by atoms with Gasteiger partial charge in [0.25, 0.3) is 0 Å². The third-order valence-electron chi connectivity index (χ3n) is 2.95. The van der Waals surface area contributed by atoms with Gasteiger partial charge in [0.15, 0.2) is 0 Å². The van der Waals surface area contributed by atoms with E-state index in [2.05, 4.69) is 11.4 Å². The van der Waals surface area contributed by atoms with Crippen molar-refractivity contribution in [1.29, 1.82) is 0 Å². The number of carbonyl (C=O) groups is 1. The maximum absolute atomic E-state index is 12.0. The fourth-order valence-electron chi connectivity index (χ4n) is 2.11. The molecule has 5 heteroatoms. The lowest BCUT2D eigenvalue weighted by Gasteiger charge is -2.22. The summed E-state index contributed by atoms with van der Waals surface area (Å²) in [5.41, 5.74) is 0.868. The zero-order valence-electron chi connectivity index (χ0n) is 9.47. The first-order valence-electron chi connectivity index (χ1n) is 5.62. The maximum atomic E-state index is 12.0. The van der Waals surface area contributed by atoms with Crippen LogP contribution in [0, 0.1) is 0 Å². The van der Waals surface area contributed by atoms with Gasteiger partial charge < -0.3 is 5.32 Å². The second-order valence-corrected chi connectivity index (χ2v) is 5.48. The highest BCUT2D eigenvalue weighted by molar-refractivity contribution is 7.10. The van der Waals surface area contributed by atoms with Gasteiger partial charge >= 0.3 is 6.03 Å². The Morgan fingerprint density at radius 3 is 2.72 bits per heavy atom. The Labute approximate surface area is 114 Å². The van der Waals surface area contributed by atoms with Crippen LogP contribution in [-0.4, -0.2) is 12.6 Å². The molecule has 1 unspecified atom stereocenters. The van der Waals surface area contributed by atoms with Crippen molar-refractivity contribution in [2.24, 2.45) is 0 Å². The lowest BCUT2D eigenvalue weighted by Crippen LogP contribution is -2.29. The van der Waals surface area contributed by atoms with E-state index >= 15 is 0 Å². The van der Waals surface area contributed by atoms with Crippen molar-refractivity contribution in [3.8, 4) is 0 Å². The molecule has 0 radical (unpaired) electrons. The second kappa shape index (κ2) is 4.63. The Balaban J connectivity index is 1.97. The quantitative estimate of drug-likeness (QED) is 0.893. The molecule has 1 N–H and O–H groups in total. The van der Waals surface area contributed by atoms with Crippen LogP contribution in [0.4, 0.5) is 10.5 Å². The van der Waals surface area contributed by atoms with Crippen molar-refractivity contribution in [2.45, 2.75) is 6.04 Å². The van der Waals surface area contributed by atoms with Crippen LogP contribution < -0.4 is 10.2 Å². The third kappa shape index (κ3) is 1.98. The summed E-state index contributed by atoms with van der Waals surface area (Å²) >= 11 is 7.54. The van der Waals surface area contributed by atoms with Gasteiger partial charge in [0.1, 0.15) is 0 Å². The van der Waals surface area contributed by atoms with Crippen molar-refractivity contribution < 1.29 is 4.79 Å². The number of urea groups is 1. The van der Waals surface area contributed by atoms with Crippen molar-refractivity contribution >= 4 is 34.7 Å². The van der Waals surface area contributed by atoms with Gasteiger partial charge in [0.05, 0.1) is 6.04 Å². The number of thiophene rings is 1. The first kappa shape index (κ1) is 11.6. The minimum absolute atomic E-state index is 0.0595. The fraction of sp³-hybridized carbons (Fsp3) is 0.154. The molecule has 2 heterocycles. The molecule has 0 aliphatic carbocycles. The Morgan fingerprint density at radius 2 is 2.06 bits per heavy atom. The van der Waals surface area contributed by atoms with Gasteiger partial charge in [-0.3, -0.25) is 4.90 Å². The van der Waals surface area contributed by atoms with Crippen molar-refractivity contribution in [1.82, 2.24) is 5.32 Å². The number of hydrogen-bond acceptors (Lipinski definition) is 2. The highest BCUT2D eigenvalue weighted by Crippen LogP contribution is 2.33. The average Bonchev–Trinajstić information content (AvgIpc) is 2.99. The smallest absolute Gasteiger partial charge is 0.322 e. The molecule has 1 fully saturated rings. The molecule has 1 aromatic carbocycles. The van der Waals surface area contributed by atoms with E-state index in [0.29, 0.717) is 11.6 Å². The molecule has 1 aromatic heterocycles. The van der Waals surface area contributed by atoms with Gasteiger partial charge in [-0.1, -0.05) is 17.7 Å². The topological polar surface area (TPSA) is 32.3 Å². The van der Waals surface area contributed by atoms with E-state index in [1.54, 1.807) is 28.4 Å². The first-order chi connectivity index (χ1) is 8.75. The summed E-state index contributed by atoms with van der Waals surface area (Å²) in [5, 5.41) is 5.58. The molecule has 1 saturated heterocycles. The molecule has 0 spiro atoms. The molecular weight excluding hydrogens is 268 g/mol. The van der Waals surface area contributed by atoms with Gasteiger partial charge in [-0.25, -0.2) is 4.79 Å². The molecule has 3 nitrogen and oxygen atoms in total. The van der Waals surface area contributed by atoms with Crippen molar-refractivity contribution in [3.05, 3.63) is 51.7 Å². The van der Waals surface area contributed by atoms with Crippen LogP contribution >= 0.6 is 22.9 Å². The number of benzene rings is 1. The van der Waals surface area contributed by atoms with Gasteiger partial charge in [-0.05, 0) is 35.7 Å². The number of anilines is 1. The molecule has 1 aliphatic heterocycles. The Morgan fingerprint density at radius 1 is 1.28 bits per heavy atom. The van der Waals surface area contributed by atoms with E-state index in [1.165, 1.54) is 4.88 Å². The minimum Gasteiger partial charge on any atom is -0.335 e. The van der Waals surface area contributed by atoms with Gasteiger partial charge in [0, 0.05) is 22.1 Å². The molecule has 3 rings (SSSR count). The summed E-state index contributed by atoms with van der Waals surface area (Å²) in [6.07, 6.45) is 0. The number of nitrogens with zero attached hydrogens (tertiary/aromatic N) is 1. The van der Waals surface area contributed by atoms with Gasteiger partial charge in [-0.15, -0.1) is 11.3 Å². The van der Waals surface area contributed by atoms with Crippen molar-refractivity contribution in [2.75, 3.05) is 11.4 Å². The summed E-state index contributed by atoms with van der Waals surface area (Å²) in [7, 11) is 0. The van der Waals surface area contributed by atoms with Gasteiger partial charge in [-0.2, -0.15) is 0 Å². The van der Waals surface area contributed by atoms with E-state index in [1.807, 2.05) is 23.6 Å². The first-order valence-corrected chi connectivity index (χ1v) is 6.87. The predicted molar refractivity (Wildman–Crippen MR) is 74.4 cm³/mol.